The highest BCUT2D eigenvalue weighted by Crippen LogP contribution is 2.18. The summed E-state index contributed by atoms with van der Waals surface area (Å²) in [5, 5.41) is 8.87. The van der Waals surface area contributed by atoms with Gasteiger partial charge in [-0.1, -0.05) is 0 Å². The number of carboxylic acids is 1. The number of methoxy groups -OCH3 is 3. The fourth-order valence-corrected chi connectivity index (χ4v) is 3.83. The van der Waals surface area contributed by atoms with Crippen LogP contribution in [0.25, 0.3) is 0 Å². The molecule has 0 radical (unpaired) electrons. The van der Waals surface area contributed by atoms with Gasteiger partial charge in [0.1, 0.15) is 0 Å². The Morgan fingerprint density at radius 1 is 0.810 bits per heavy atom. The Labute approximate surface area is 126 Å². The summed E-state index contributed by atoms with van der Waals surface area (Å²) in [4.78, 5) is 10.8. The number of ether oxygens (including phenoxy) is 3. The van der Waals surface area contributed by atoms with E-state index >= 15 is 0 Å². The SMILES string of the molecule is COCCO[Si](CCC(=O)O)(OCCOC)OCCOC. The Hall–Kier alpha value is -0.553. The molecule has 0 aliphatic heterocycles. The lowest BCUT2D eigenvalue weighted by Gasteiger charge is -2.29. The van der Waals surface area contributed by atoms with Gasteiger partial charge >= 0.3 is 14.8 Å². The molecule has 0 aromatic heterocycles. The minimum atomic E-state index is -3.09. The van der Waals surface area contributed by atoms with Crippen molar-refractivity contribution >= 4 is 14.8 Å². The van der Waals surface area contributed by atoms with E-state index in [4.69, 9.17) is 32.6 Å². The van der Waals surface area contributed by atoms with Crippen molar-refractivity contribution in [3.05, 3.63) is 0 Å². The monoisotopic (exact) mass is 326 g/mol. The van der Waals surface area contributed by atoms with Crippen LogP contribution in [0.3, 0.4) is 0 Å². The molecule has 0 spiro atoms. The molecular formula is C12H26O8Si. The molecule has 0 bridgehead atoms. The summed E-state index contributed by atoms with van der Waals surface area (Å²) in [7, 11) is 1.58. The average molecular weight is 326 g/mol. The molecule has 1 N–H and O–H groups in total. The maximum atomic E-state index is 10.8. The van der Waals surface area contributed by atoms with Crippen molar-refractivity contribution < 1.29 is 37.4 Å². The van der Waals surface area contributed by atoms with Gasteiger partial charge in [0.05, 0.1) is 39.6 Å². The van der Waals surface area contributed by atoms with E-state index < -0.39 is 14.8 Å². The first-order valence-corrected chi connectivity index (χ1v) is 8.64. The van der Waals surface area contributed by atoms with Gasteiger partial charge in [0, 0.05) is 33.8 Å². The first kappa shape index (κ1) is 20.4. The van der Waals surface area contributed by atoms with Gasteiger partial charge < -0.3 is 32.6 Å². The van der Waals surface area contributed by atoms with Crippen molar-refractivity contribution in [2.24, 2.45) is 0 Å². The summed E-state index contributed by atoms with van der Waals surface area (Å²) in [5.74, 6) is -0.923. The van der Waals surface area contributed by atoms with Gasteiger partial charge in [-0.15, -0.1) is 0 Å². The Morgan fingerprint density at radius 3 is 1.48 bits per heavy atom. The van der Waals surface area contributed by atoms with E-state index in [2.05, 4.69) is 0 Å². The van der Waals surface area contributed by atoms with Crippen LogP contribution < -0.4 is 0 Å². The molecule has 0 fully saturated rings. The second kappa shape index (κ2) is 13.1. The van der Waals surface area contributed by atoms with Crippen molar-refractivity contribution in [3.63, 3.8) is 0 Å². The fraction of sp³-hybridized carbons (Fsp3) is 0.917. The van der Waals surface area contributed by atoms with E-state index in [1.165, 1.54) is 0 Å². The van der Waals surface area contributed by atoms with Crippen molar-refractivity contribution in [1.29, 1.82) is 0 Å². The largest absolute Gasteiger partial charge is 0.501 e. The maximum absolute atomic E-state index is 10.8. The van der Waals surface area contributed by atoms with Crippen LogP contribution in [0.2, 0.25) is 6.04 Å². The molecule has 0 aliphatic carbocycles. The molecule has 126 valence electrons. The summed E-state index contributed by atoms with van der Waals surface area (Å²) in [6.07, 6.45) is -0.0842. The number of carboxylic acid groups (broad SMARTS) is 1. The molecule has 0 aromatic carbocycles. The molecule has 0 unspecified atom stereocenters. The molecule has 0 atom stereocenters. The average Bonchev–Trinajstić information content (AvgIpc) is 2.46. The predicted octanol–water partition coefficient (Wildman–Crippen LogP) is 0.389. The van der Waals surface area contributed by atoms with E-state index in [-0.39, 0.29) is 32.3 Å². The number of aliphatic carboxylic acids is 1. The van der Waals surface area contributed by atoms with E-state index in [1.807, 2.05) is 0 Å². The summed E-state index contributed by atoms with van der Waals surface area (Å²) in [5.41, 5.74) is 0. The molecule has 0 heterocycles. The van der Waals surface area contributed by atoms with Gasteiger partial charge in [0.25, 0.3) is 0 Å². The number of rotatable bonds is 15. The van der Waals surface area contributed by atoms with Gasteiger partial charge in [-0.25, -0.2) is 0 Å². The minimum Gasteiger partial charge on any atom is -0.481 e. The van der Waals surface area contributed by atoms with Crippen LogP contribution in [-0.2, 0) is 32.3 Å². The molecule has 0 aliphatic rings. The number of hydrogen-bond donors (Lipinski definition) is 1. The van der Waals surface area contributed by atoms with E-state index in [1.54, 1.807) is 21.3 Å². The lowest BCUT2D eigenvalue weighted by Crippen LogP contribution is -2.48. The van der Waals surface area contributed by atoms with Crippen LogP contribution in [0.15, 0.2) is 0 Å². The highest BCUT2D eigenvalue weighted by molar-refractivity contribution is 6.61. The molecule has 8 nitrogen and oxygen atoms in total. The highest BCUT2D eigenvalue weighted by atomic mass is 28.4. The number of carbonyl (C=O) groups is 1. The van der Waals surface area contributed by atoms with E-state index in [0.29, 0.717) is 19.8 Å². The van der Waals surface area contributed by atoms with Crippen LogP contribution in [-0.4, -0.2) is 80.9 Å². The molecule has 21 heavy (non-hydrogen) atoms. The van der Waals surface area contributed by atoms with Crippen LogP contribution in [0.4, 0.5) is 0 Å². The lowest BCUT2D eigenvalue weighted by molar-refractivity contribution is -0.136. The minimum absolute atomic E-state index is 0.0842. The second-order valence-corrected chi connectivity index (χ2v) is 6.83. The lowest BCUT2D eigenvalue weighted by atomic mass is 10.5. The Kier molecular flexibility index (Phi) is 12.8. The van der Waals surface area contributed by atoms with Crippen molar-refractivity contribution in [2.45, 2.75) is 12.5 Å². The van der Waals surface area contributed by atoms with Gasteiger partial charge in [0.2, 0.25) is 0 Å². The van der Waals surface area contributed by atoms with Gasteiger partial charge in [-0.3, -0.25) is 4.79 Å². The van der Waals surface area contributed by atoms with Crippen molar-refractivity contribution in [3.8, 4) is 0 Å². The molecule has 0 saturated carbocycles. The molecule has 0 amide bonds. The molecule has 9 heteroatoms. The third-order valence-electron chi connectivity index (χ3n) is 2.47. The fourth-order valence-electron chi connectivity index (χ4n) is 1.44. The molecule has 0 rings (SSSR count). The van der Waals surface area contributed by atoms with Crippen molar-refractivity contribution in [2.75, 3.05) is 61.0 Å². The second-order valence-electron chi connectivity index (χ2n) is 4.10. The van der Waals surface area contributed by atoms with Crippen LogP contribution in [0.1, 0.15) is 6.42 Å². The molecular weight excluding hydrogens is 300 g/mol. The Balaban J connectivity index is 4.64. The quantitative estimate of drug-likeness (QED) is 0.341. The van der Waals surface area contributed by atoms with Gasteiger partial charge in [-0.2, -0.15) is 0 Å². The topological polar surface area (TPSA) is 92.7 Å². The first-order chi connectivity index (χ1) is 10.1. The number of hydrogen-bond acceptors (Lipinski definition) is 7. The zero-order valence-electron chi connectivity index (χ0n) is 13.0. The smallest absolute Gasteiger partial charge is 0.481 e. The van der Waals surface area contributed by atoms with E-state index in [0.717, 1.165) is 0 Å². The van der Waals surface area contributed by atoms with Gasteiger partial charge in [0.15, 0.2) is 0 Å². The standard InChI is InChI=1S/C12H26O8Si/c1-15-5-8-18-21(11-4-12(13)14,19-9-6-16-2)20-10-7-17-3/h4-11H2,1-3H3,(H,13,14). The van der Waals surface area contributed by atoms with Crippen LogP contribution in [0, 0.1) is 0 Å². The zero-order valence-corrected chi connectivity index (χ0v) is 14.0. The highest BCUT2D eigenvalue weighted by Gasteiger charge is 2.41. The molecule has 0 saturated heterocycles. The summed E-state index contributed by atoms with van der Waals surface area (Å²) in [6.45, 7) is 1.97. The zero-order chi connectivity index (χ0) is 16.0. The maximum Gasteiger partial charge on any atom is 0.501 e. The van der Waals surface area contributed by atoms with Crippen LogP contribution >= 0.6 is 0 Å². The summed E-state index contributed by atoms with van der Waals surface area (Å²) >= 11 is 0. The summed E-state index contributed by atoms with van der Waals surface area (Å²) < 4.78 is 31.9. The van der Waals surface area contributed by atoms with Crippen molar-refractivity contribution in [1.82, 2.24) is 0 Å². The summed E-state index contributed by atoms with van der Waals surface area (Å²) in [6, 6.07) is 0.194. The Bertz CT molecular complexity index is 237. The van der Waals surface area contributed by atoms with E-state index in [9.17, 15) is 4.79 Å². The van der Waals surface area contributed by atoms with Gasteiger partial charge in [-0.05, 0) is 0 Å². The first-order valence-electron chi connectivity index (χ1n) is 6.70. The Morgan fingerprint density at radius 2 is 1.19 bits per heavy atom. The molecule has 0 aromatic rings. The van der Waals surface area contributed by atoms with Crippen LogP contribution in [0.5, 0.6) is 0 Å². The third-order valence-corrected chi connectivity index (χ3v) is 5.27. The normalized spacial score (nSPS) is 11.8. The third kappa shape index (κ3) is 10.8. The predicted molar refractivity (Wildman–Crippen MR) is 76.3 cm³/mol.